The Kier molecular flexibility index (Phi) is 6.03. The first-order valence-corrected chi connectivity index (χ1v) is 5.98. The number of amidine groups is 2. The van der Waals surface area contributed by atoms with Gasteiger partial charge in [0.2, 0.25) is 0 Å². The van der Waals surface area contributed by atoms with Crippen LogP contribution in [0.4, 0.5) is 0 Å². The predicted octanol–water partition coefficient (Wildman–Crippen LogP) is 2.98. The quantitative estimate of drug-likeness (QED) is 0.500. The molecule has 0 saturated heterocycles. The average Bonchev–Trinajstić information content (AvgIpc) is 2.47. The van der Waals surface area contributed by atoms with Crippen LogP contribution in [0.2, 0.25) is 0 Å². The summed E-state index contributed by atoms with van der Waals surface area (Å²) in [4.78, 5) is 8.49. The van der Waals surface area contributed by atoms with Crippen molar-refractivity contribution in [3.05, 3.63) is 72.9 Å². The van der Waals surface area contributed by atoms with E-state index >= 15 is 0 Å². The summed E-state index contributed by atoms with van der Waals surface area (Å²) >= 11 is 0. The van der Waals surface area contributed by atoms with Crippen molar-refractivity contribution >= 4 is 11.7 Å². The molecule has 0 amide bonds. The van der Waals surface area contributed by atoms with Gasteiger partial charge in [0.1, 0.15) is 11.7 Å². The van der Waals surface area contributed by atoms with E-state index in [1.165, 1.54) is 0 Å². The molecule has 0 aliphatic carbocycles. The molecule has 19 heavy (non-hydrogen) atoms. The van der Waals surface area contributed by atoms with E-state index in [0.717, 1.165) is 17.0 Å². The molecule has 3 heteroatoms. The van der Waals surface area contributed by atoms with Gasteiger partial charge in [-0.3, -0.25) is 9.98 Å². The number of nitrogens with zero attached hydrogens (tertiary/aromatic N) is 2. The zero-order valence-electron chi connectivity index (χ0n) is 11.4. The number of hydrogen-bond acceptors (Lipinski definition) is 2. The molecule has 1 aromatic rings. The maximum Gasteiger partial charge on any atom is 0.133 e. The van der Waals surface area contributed by atoms with E-state index in [1.807, 2.05) is 36.4 Å². The SMILES string of the molecule is C=C/C=C(\C=C)C(=NC)NC(=NC)c1ccccc1. The van der Waals surface area contributed by atoms with Crippen LogP contribution in [0.1, 0.15) is 5.56 Å². The molecule has 0 aliphatic rings. The largest absolute Gasteiger partial charge is 0.325 e. The lowest BCUT2D eigenvalue weighted by molar-refractivity contribution is 1.24. The molecule has 0 heterocycles. The van der Waals surface area contributed by atoms with Crippen LogP contribution in [-0.2, 0) is 0 Å². The second kappa shape index (κ2) is 7.82. The van der Waals surface area contributed by atoms with Crippen molar-refractivity contribution in [1.82, 2.24) is 5.32 Å². The molecule has 0 radical (unpaired) electrons. The molecule has 1 N–H and O–H groups in total. The monoisotopic (exact) mass is 253 g/mol. The lowest BCUT2D eigenvalue weighted by Crippen LogP contribution is -2.32. The minimum absolute atomic E-state index is 0.708. The van der Waals surface area contributed by atoms with E-state index in [0.29, 0.717) is 5.84 Å². The third-order valence-corrected chi connectivity index (χ3v) is 2.52. The molecular weight excluding hydrogens is 234 g/mol. The van der Waals surface area contributed by atoms with Gasteiger partial charge in [0.05, 0.1) is 0 Å². The van der Waals surface area contributed by atoms with Gasteiger partial charge in [0.15, 0.2) is 0 Å². The van der Waals surface area contributed by atoms with Gasteiger partial charge >= 0.3 is 0 Å². The zero-order chi connectivity index (χ0) is 14.1. The van der Waals surface area contributed by atoms with Crippen LogP contribution in [0.3, 0.4) is 0 Å². The maximum absolute atomic E-state index is 4.26. The number of aliphatic imine (C=N–C) groups is 2. The molecule has 0 fully saturated rings. The normalized spacial score (nSPS) is 13.1. The van der Waals surface area contributed by atoms with Gasteiger partial charge in [-0.1, -0.05) is 61.7 Å². The summed E-state index contributed by atoms with van der Waals surface area (Å²) in [5, 5.41) is 3.22. The summed E-state index contributed by atoms with van der Waals surface area (Å²) in [7, 11) is 3.47. The maximum atomic E-state index is 4.26. The van der Waals surface area contributed by atoms with Gasteiger partial charge < -0.3 is 5.32 Å². The molecule has 0 bridgehead atoms. The highest BCUT2D eigenvalue weighted by Crippen LogP contribution is 2.03. The predicted molar refractivity (Wildman–Crippen MR) is 83.9 cm³/mol. The van der Waals surface area contributed by atoms with E-state index in [2.05, 4.69) is 28.5 Å². The molecule has 0 aliphatic heterocycles. The van der Waals surface area contributed by atoms with Gasteiger partial charge in [0, 0.05) is 25.2 Å². The molecule has 1 aromatic carbocycles. The van der Waals surface area contributed by atoms with Gasteiger partial charge in [0.25, 0.3) is 0 Å². The van der Waals surface area contributed by atoms with Crippen LogP contribution in [0.5, 0.6) is 0 Å². The molecule has 98 valence electrons. The second-order valence-corrected chi connectivity index (χ2v) is 3.70. The van der Waals surface area contributed by atoms with Crippen molar-refractivity contribution in [3.63, 3.8) is 0 Å². The summed E-state index contributed by atoms with van der Waals surface area (Å²) in [6, 6.07) is 9.90. The van der Waals surface area contributed by atoms with Crippen molar-refractivity contribution in [2.45, 2.75) is 0 Å². The van der Waals surface area contributed by atoms with E-state index in [4.69, 9.17) is 0 Å². The van der Waals surface area contributed by atoms with Crippen LogP contribution < -0.4 is 5.32 Å². The molecule has 0 saturated carbocycles. The first-order valence-electron chi connectivity index (χ1n) is 5.98. The fraction of sp³-hybridized carbons (Fsp3) is 0.125. The third-order valence-electron chi connectivity index (χ3n) is 2.52. The second-order valence-electron chi connectivity index (χ2n) is 3.70. The first-order chi connectivity index (χ1) is 9.26. The van der Waals surface area contributed by atoms with Crippen LogP contribution in [0.15, 0.2) is 77.3 Å². The molecular formula is C16H19N3. The number of hydrogen-bond donors (Lipinski definition) is 1. The van der Waals surface area contributed by atoms with Crippen LogP contribution >= 0.6 is 0 Å². The fourth-order valence-electron chi connectivity index (χ4n) is 1.59. The summed E-state index contributed by atoms with van der Waals surface area (Å²) in [6.45, 7) is 7.46. The molecule has 0 unspecified atom stereocenters. The fourth-order valence-corrected chi connectivity index (χ4v) is 1.59. The van der Waals surface area contributed by atoms with E-state index in [-0.39, 0.29) is 0 Å². The van der Waals surface area contributed by atoms with Crippen LogP contribution in [0, 0.1) is 0 Å². The Hall–Kier alpha value is -2.42. The first kappa shape index (κ1) is 14.6. The van der Waals surface area contributed by atoms with Crippen LogP contribution in [-0.4, -0.2) is 25.8 Å². The molecule has 3 nitrogen and oxygen atoms in total. The summed E-state index contributed by atoms with van der Waals surface area (Å²) in [5.74, 6) is 1.47. The summed E-state index contributed by atoms with van der Waals surface area (Å²) in [6.07, 6.45) is 5.28. The van der Waals surface area contributed by atoms with Gasteiger partial charge in [-0.2, -0.15) is 0 Å². The number of benzene rings is 1. The lowest BCUT2D eigenvalue weighted by Gasteiger charge is -2.12. The van der Waals surface area contributed by atoms with Crippen molar-refractivity contribution in [2.24, 2.45) is 9.98 Å². The average molecular weight is 253 g/mol. The Labute approximate surface area is 114 Å². The summed E-state index contributed by atoms with van der Waals surface area (Å²) in [5.41, 5.74) is 1.88. The van der Waals surface area contributed by atoms with Crippen molar-refractivity contribution in [3.8, 4) is 0 Å². The van der Waals surface area contributed by atoms with E-state index in [1.54, 1.807) is 26.2 Å². The van der Waals surface area contributed by atoms with Crippen molar-refractivity contribution in [1.29, 1.82) is 0 Å². The highest BCUT2D eigenvalue weighted by atomic mass is 15.0. The standard InChI is InChI=1S/C16H19N3/c1-5-10-13(6-2)15(17-3)19-16(18-4)14-11-8-7-9-12-14/h5-12H,1-2H2,3-4H3,(H,17,18,19)/b13-10+. The highest BCUT2D eigenvalue weighted by Gasteiger charge is 2.07. The van der Waals surface area contributed by atoms with Crippen LogP contribution in [0.25, 0.3) is 0 Å². The Bertz CT molecular complexity index is 522. The van der Waals surface area contributed by atoms with Gasteiger partial charge in [-0.15, -0.1) is 0 Å². The Balaban J connectivity index is 3.01. The Morgan fingerprint density at radius 2 is 1.79 bits per heavy atom. The highest BCUT2D eigenvalue weighted by molar-refractivity contribution is 6.15. The van der Waals surface area contributed by atoms with E-state index in [9.17, 15) is 0 Å². The number of allylic oxidation sites excluding steroid dienone is 2. The minimum atomic E-state index is 0.708. The molecule has 0 atom stereocenters. The molecule has 0 aromatic heterocycles. The smallest absolute Gasteiger partial charge is 0.133 e. The Morgan fingerprint density at radius 1 is 1.11 bits per heavy atom. The van der Waals surface area contributed by atoms with E-state index < -0.39 is 0 Å². The third kappa shape index (κ3) is 4.07. The minimum Gasteiger partial charge on any atom is -0.325 e. The Morgan fingerprint density at radius 3 is 2.26 bits per heavy atom. The van der Waals surface area contributed by atoms with Crippen molar-refractivity contribution in [2.75, 3.05) is 14.1 Å². The summed E-state index contributed by atoms with van der Waals surface area (Å²) < 4.78 is 0. The lowest BCUT2D eigenvalue weighted by atomic mass is 10.1. The molecule has 0 spiro atoms. The zero-order valence-corrected chi connectivity index (χ0v) is 11.4. The topological polar surface area (TPSA) is 36.8 Å². The number of nitrogens with one attached hydrogen (secondary N) is 1. The number of rotatable bonds is 4. The molecule has 1 rings (SSSR count). The van der Waals surface area contributed by atoms with Gasteiger partial charge in [-0.05, 0) is 0 Å². The van der Waals surface area contributed by atoms with Gasteiger partial charge in [-0.25, -0.2) is 0 Å². The van der Waals surface area contributed by atoms with Crippen molar-refractivity contribution < 1.29 is 0 Å².